The lowest BCUT2D eigenvalue weighted by Gasteiger charge is -2.27. The molecule has 4 atom stereocenters. The maximum absolute atomic E-state index is 13.1. The quantitative estimate of drug-likeness (QED) is 0.122. The van der Waals surface area contributed by atoms with Gasteiger partial charge in [0.15, 0.2) is 0 Å². The van der Waals surface area contributed by atoms with Gasteiger partial charge in [-0.3, -0.25) is 14.4 Å². The molecule has 0 aliphatic heterocycles. The van der Waals surface area contributed by atoms with E-state index in [1.807, 2.05) is 27.7 Å². The summed E-state index contributed by atoms with van der Waals surface area (Å²) in [5.41, 5.74) is 16.9. The van der Waals surface area contributed by atoms with Gasteiger partial charge in [0.2, 0.25) is 17.7 Å². The molecule has 10 N–H and O–H groups in total. The van der Waals surface area contributed by atoms with Crippen molar-refractivity contribution in [2.45, 2.75) is 103 Å². The fraction of sp³-hybridized carbons (Fsp3) is 0.833. The summed E-state index contributed by atoms with van der Waals surface area (Å²) in [6.07, 6.45) is 4.05. The monoisotopic (exact) mass is 500 g/mol. The van der Waals surface area contributed by atoms with Crippen LogP contribution in [0.3, 0.4) is 0 Å². The van der Waals surface area contributed by atoms with Gasteiger partial charge >= 0.3 is 5.97 Å². The van der Waals surface area contributed by atoms with E-state index in [0.29, 0.717) is 51.6 Å². The first-order valence-corrected chi connectivity index (χ1v) is 12.7. The van der Waals surface area contributed by atoms with Gasteiger partial charge in [-0.1, -0.05) is 34.1 Å². The SMILES string of the molecule is CC(C)C[C@H](NC(=O)[C@H](CC(C)C)NC(=O)[C@@H](N)CCCCN)C(=O)N[C@@H](CCCCN)C(=O)O. The number of nitrogens with one attached hydrogen (secondary N) is 3. The van der Waals surface area contributed by atoms with Crippen molar-refractivity contribution in [2.75, 3.05) is 13.1 Å². The summed E-state index contributed by atoms with van der Waals surface area (Å²) in [6, 6.07) is -3.64. The van der Waals surface area contributed by atoms with Crippen LogP contribution in [-0.4, -0.2) is 66.1 Å². The average Bonchev–Trinajstić information content (AvgIpc) is 2.76. The third-order valence-corrected chi connectivity index (χ3v) is 5.55. The Morgan fingerprint density at radius 1 is 0.657 bits per heavy atom. The number of hydrogen-bond donors (Lipinski definition) is 7. The van der Waals surface area contributed by atoms with Gasteiger partial charge in [-0.05, 0) is 69.9 Å². The molecule has 11 heteroatoms. The van der Waals surface area contributed by atoms with Crippen LogP contribution in [0.2, 0.25) is 0 Å². The van der Waals surface area contributed by atoms with Crippen LogP contribution in [0.1, 0.15) is 79.1 Å². The molecule has 0 rings (SSSR count). The lowest BCUT2D eigenvalue weighted by Crippen LogP contribution is -2.57. The summed E-state index contributed by atoms with van der Waals surface area (Å²) in [5.74, 6) is -2.49. The van der Waals surface area contributed by atoms with Crippen molar-refractivity contribution in [3.8, 4) is 0 Å². The molecule has 3 amide bonds. The molecule has 204 valence electrons. The van der Waals surface area contributed by atoms with Gasteiger partial charge in [-0.25, -0.2) is 4.79 Å². The fourth-order valence-corrected chi connectivity index (χ4v) is 3.62. The number of aliphatic carboxylic acids is 1. The maximum atomic E-state index is 13.1. The molecule has 0 bridgehead atoms. The number of hydrogen-bond acceptors (Lipinski definition) is 7. The molecule has 0 saturated heterocycles. The van der Waals surface area contributed by atoms with E-state index in [2.05, 4.69) is 16.0 Å². The Bertz CT molecular complexity index is 658. The number of amides is 3. The number of carbonyl (C=O) groups excluding carboxylic acids is 3. The topological polar surface area (TPSA) is 203 Å². The van der Waals surface area contributed by atoms with Crippen molar-refractivity contribution in [3.63, 3.8) is 0 Å². The van der Waals surface area contributed by atoms with E-state index in [4.69, 9.17) is 17.2 Å². The van der Waals surface area contributed by atoms with Crippen molar-refractivity contribution < 1.29 is 24.3 Å². The largest absolute Gasteiger partial charge is 0.480 e. The third-order valence-electron chi connectivity index (χ3n) is 5.55. The molecule has 35 heavy (non-hydrogen) atoms. The Kier molecular flexibility index (Phi) is 16.9. The molecule has 0 unspecified atom stereocenters. The average molecular weight is 501 g/mol. The van der Waals surface area contributed by atoms with Crippen molar-refractivity contribution in [3.05, 3.63) is 0 Å². The first-order valence-electron chi connectivity index (χ1n) is 12.7. The Morgan fingerprint density at radius 3 is 1.46 bits per heavy atom. The normalized spacial score (nSPS) is 14.8. The van der Waals surface area contributed by atoms with Crippen LogP contribution in [0.5, 0.6) is 0 Å². The zero-order valence-electron chi connectivity index (χ0n) is 21.8. The number of rotatable bonds is 19. The van der Waals surface area contributed by atoms with Crippen LogP contribution >= 0.6 is 0 Å². The number of nitrogens with two attached hydrogens (primary N) is 3. The number of carboxylic acid groups (broad SMARTS) is 1. The minimum atomic E-state index is -1.14. The van der Waals surface area contributed by atoms with Crippen LogP contribution in [0, 0.1) is 11.8 Å². The Labute approximate surface area is 209 Å². The summed E-state index contributed by atoms with van der Waals surface area (Å²) >= 11 is 0. The summed E-state index contributed by atoms with van der Waals surface area (Å²) in [6.45, 7) is 8.59. The van der Waals surface area contributed by atoms with Gasteiger partial charge in [-0.2, -0.15) is 0 Å². The molecule has 0 aliphatic carbocycles. The number of carboxylic acids is 1. The number of carbonyl (C=O) groups is 4. The van der Waals surface area contributed by atoms with Crippen molar-refractivity contribution >= 4 is 23.7 Å². The van der Waals surface area contributed by atoms with Crippen LogP contribution < -0.4 is 33.2 Å². The number of unbranched alkanes of at least 4 members (excludes halogenated alkanes) is 2. The van der Waals surface area contributed by atoms with E-state index in [9.17, 15) is 24.3 Å². The molecule has 0 spiro atoms. The van der Waals surface area contributed by atoms with Gasteiger partial charge in [-0.15, -0.1) is 0 Å². The Morgan fingerprint density at radius 2 is 1.06 bits per heavy atom. The van der Waals surface area contributed by atoms with Crippen LogP contribution in [0.4, 0.5) is 0 Å². The highest BCUT2D eigenvalue weighted by Gasteiger charge is 2.31. The van der Waals surface area contributed by atoms with E-state index < -0.39 is 47.9 Å². The highest BCUT2D eigenvalue weighted by Crippen LogP contribution is 2.11. The maximum Gasteiger partial charge on any atom is 0.326 e. The summed E-state index contributed by atoms with van der Waals surface area (Å²) in [4.78, 5) is 50.3. The van der Waals surface area contributed by atoms with Gasteiger partial charge in [0.25, 0.3) is 0 Å². The zero-order chi connectivity index (χ0) is 27.0. The summed E-state index contributed by atoms with van der Waals surface area (Å²) < 4.78 is 0. The van der Waals surface area contributed by atoms with Crippen molar-refractivity contribution in [1.29, 1.82) is 0 Å². The third kappa shape index (κ3) is 14.7. The van der Waals surface area contributed by atoms with Crippen molar-refractivity contribution in [2.24, 2.45) is 29.0 Å². The smallest absolute Gasteiger partial charge is 0.326 e. The van der Waals surface area contributed by atoms with Crippen LogP contribution in [0.25, 0.3) is 0 Å². The first-order chi connectivity index (χ1) is 16.4. The molecule has 0 radical (unpaired) electrons. The predicted molar refractivity (Wildman–Crippen MR) is 136 cm³/mol. The molecule has 0 aliphatic rings. The highest BCUT2D eigenvalue weighted by molar-refractivity contribution is 5.94. The van der Waals surface area contributed by atoms with Gasteiger partial charge in [0.1, 0.15) is 18.1 Å². The second kappa shape index (κ2) is 18.1. The van der Waals surface area contributed by atoms with E-state index in [0.717, 1.165) is 6.42 Å². The molecule has 0 aromatic carbocycles. The summed E-state index contributed by atoms with van der Waals surface area (Å²) in [5, 5.41) is 17.5. The molecular formula is C24H48N6O5. The second-order valence-corrected chi connectivity index (χ2v) is 9.96. The molecule has 0 aromatic heterocycles. The standard InChI is InChI=1S/C24H48N6O5/c1-15(2)13-19(29-21(31)17(27)9-5-7-11-25)23(33)30-20(14-16(3)4)22(32)28-18(24(34)35)10-6-8-12-26/h15-20H,5-14,25-27H2,1-4H3,(H,28,32)(H,29,31)(H,30,33)(H,34,35)/t17-,18-,19-,20-/m0/s1. The van der Waals surface area contributed by atoms with Crippen molar-refractivity contribution in [1.82, 2.24) is 16.0 Å². The predicted octanol–water partition coefficient (Wildman–Crippen LogP) is 0.203. The van der Waals surface area contributed by atoms with Gasteiger partial charge < -0.3 is 38.3 Å². The molecule has 11 nitrogen and oxygen atoms in total. The first kappa shape index (κ1) is 32.8. The van der Waals surface area contributed by atoms with Gasteiger partial charge in [0.05, 0.1) is 6.04 Å². The Balaban J connectivity index is 5.38. The van der Waals surface area contributed by atoms with Crippen LogP contribution in [-0.2, 0) is 19.2 Å². The summed E-state index contributed by atoms with van der Waals surface area (Å²) in [7, 11) is 0. The van der Waals surface area contributed by atoms with E-state index in [-0.39, 0.29) is 18.3 Å². The van der Waals surface area contributed by atoms with E-state index in [1.165, 1.54) is 0 Å². The molecule has 0 heterocycles. The molecular weight excluding hydrogens is 452 g/mol. The minimum absolute atomic E-state index is 0.0562. The lowest BCUT2D eigenvalue weighted by atomic mass is 9.99. The molecule has 0 aromatic rings. The molecule has 0 fully saturated rings. The minimum Gasteiger partial charge on any atom is -0.480 e. The Hall–Kier alpha value is -2.24. The molecule has 0 saturated carbocycles. The lowest BCUT2D eigenvalue weighted by molar-refractivity contribution is -0.142. The van der Waals surface area contributed by atoms with E-state index in [1.54, 1.807) is 0 Å². The van der Waals surface area contributed by atoms with Crippen LogP contribution in [0.15, 0.2) is 0 Å². The highest BCUT2D eigenvalue weighted by atomic mass is 16.4. The van der Waals surface area contributed by atoms with E-state index >= 15 is 0 Å². The fourth-order valence-electron chi connectivity index (χ4n) is 3.62. The zero-order valence-corrected chi connectivity index (χ0v) is 21.8. The van der Waals surface area contributed by atoms with Gasteiger partial charge in [0, 0.05) is 0 Å². The second-order valence-electron chi connectivity index (χ2n) is 9.96.